The van der Waals surface area contributed by atoms with Crippen LogP contribution < -0.4 is 10.6 Å². The molecule has 2 heterocycles. The first-order chi connectivity index (χ1) is 8.80. The first-order valence-electron chi connectivity index (χ1n) is 5.70. The topological polar surface area (TPSA) is 57.2 Å². The monoisotopic (exact) mass is 273 g/mol. The van der Waals surface area contributed by atoms with Crippen LogP contribution in [0.4, 0.5) is 13.2 Å². The van der Waals surface area contributed by atoms with Crippen LogP contribution in [0.1, 0.15) is 12.5 Å². The number of hydrogen-bond acceptors (Lipinski definition) is 4. The standard InChI is InChI=1S/C12H14F3N3O/c1-11(19,12(13,14)15)10-17-7-9(18-10)6-8-2-4-16-5-3-8/h2-5,7,10,17-19H,6H2,1H3/t10?,11-/m1/s1. The van der Waals surface area contributed by atoms with Gasteiger partial charge in [0.15, 0.2) is 5.60 Å². The van der Waals surface area contributed by atoms with Crippen molar-refractivity contribution in [1.82, 2.24) is 15.6 Å². The third-order valence-corrected chi connectivity index (χ3v) is 3.03. The van der Waals surface area contributed by atoms with Crippen molar-refractivity contribution in [3.63, 3.8) is 0 Å². The molecular weight excluding hydrogens is 259 g/mol. The molecule has 3 N–H and O–H groups in total. The Morgan fingerprint density at radius 3 is 2.53 bits per heavy atom. The normalized spacial score (nSPS) is 22.2. The number of alkyl halides is 3. The lowest BCUT2D eigenvalue weighted by atomic mass is 10.0. The molecule has 0 saturated carbocycles. The highest BCUT2D eigenvalue weighted by Crippen LogP contribution is 2.33. The molecule has 104 valence electrons. The third-order valence-electron chi connectivity index (χ3n) is 3.03. The second-order valence-corrected chi connectivity index (χ2v) is 4.59. The quantitative estimate of drug-likeness (QED) is 0.777. The summed E-state index contributed by atoms with van der Waals surface area (Å²) in [7, 11) is 0. The van der Waals surface area contributed by atoms with Gasteiger partial charge in [0.1, 0.15) is 6.17 Å². The Hall–Kier alpha value is -1.76. The number of aliphatic hydroxyl groups is 1. The fourth-order valence-corrected chi connectivity index (χ4v) is 1.74. The van der Waals surface area contributed by atoms with Crippen LogP contribution >= 0.6 is 0 Å². The molecular formula is C12H14F3N3O. The van der Waals surface area contributed by atoms with Crippen molar-refractivity contribution in [2.24, 2.45) is 0 Å². The second-order valence-electron chi connectivity index (χ2n) is 4.59. The smallest absolute Gasteiger partial charge is 0.378 e. The average molecular weight is 273 g/mol. The zero-order valence-electron chi connectivity index (χ0n) is 10.2. The summed E-state index contributed by atoms with van der Waals surface area (Å²) in [6, 6.07) is 3.55. The summed E-state index contributed by atoms with van der Waals surface area (Å²) in [5.74, 6) is 0. The van der Waals surface area contributed by atoms with E-state index in [9.17, 15) is 18.3 Å². The molecule has 0 amide bonds. The van der Waals surface area contributed by atoms with E-state index in [0.29, 0.717) is 12.1 Å². The Bertz CT molecular complexity index is 471. The number of pyridine rings is 1. The Balaban J connectivity index is 2.00. The highest BCUT2D eigenvalue weighted by molar-refractivity contribution is 5.22. The molecule has 1 aromatic heterocycles. The fraction of sp³-hybridized carbons (Fsp3) is 0.417. The molecule has 7 heteroatoms. The van der Waals surface area contributed by atoms with Crippen molar-refractivity contribution < 1.29 is 18.3 Å². The molecule has 0 aliphatic carbocycles. The maximum Gasteiger partial charge on any atom is 0.420 e. The van der Waals surface area contributed by atoms with Crippen LogP contribution in [0.5, 0.6) is 0 Å². The highest BCUT2D eigenvalue weighted by atomic mass is 19.4. The third kappa shape index (κ3) is 2.81. The van der Waals surface area contributed by atoms with E-state index in [-0.39, 0.29) is 0 Å². The predicted molar refractivity (Wildman–Crippen MR) is 62.8 cm³/mol. The number of nitrogens with one attached hydrogen (secondary N) is 2. The largest absolute Gasteiger partial charge is 0.420 e. The van der Waals surface area contributed by atoms with Crippen molar-refractivity contribution in [3.8, 4) is 0 Å². The van der Waals surface area contributed by atoms with Crippen LogP contribution in [0.2, 0.25) is 0 Å². The molecule has 0 fully saturated rings. The van der Waals surface area contributed by atoms with Gasteiger partial charge in [-0.3, -0.25) is 4.98 Å². The SMILES string of the molecule is C[C@@](O)(C1NC=C(Cc2ccncc2)N1)C(F)(F)F. The van der Waals surface area contributed by atoms with Crippen molar-refractivity contribution in [2.45, 2.75) is 31.3 Å². The Kier molecular flexibility index (Phi) is 3.40. The number of nitrogens with zero attached hydrogens (tertiary/aromatic N) is 1. The average Bonchev–Trinajstić information content (AvgIpc) is 2.78. The van der Waals surface area contributed by atoms with Crippen molar-refractivity contribution in [3.05, 3.63) is 42.0 Å². The minimum atomic E-state index is -4.71. The van der Waals surface area contributed by atoms with E-state index in [4.69, 9.17) is 0 Å². The Morgan fingerprint density at radius 1 is 1.32 bits per heavy atom. The van der Waals surface area contributed by atoms with Gasteiger partial charge in [0, 0.05) is 30.7 Å². The van der Waals surface area contributed by atoms with Crippen LogP contribution in [0.15, 0.2) is 36.4 Å². The molecule has 0 radical (unpaired) electrons. The molecule has 2 atom stereocenters. The fourth-order valence-electron chi connectivity index (χ4n) is 1.74. The lowest BCUT2D eigenvalue weighted by Crippen LogP contribution is -2.60. The first-order valence-corrected chi connectivity index (χ1v) is 5.70. The molecule has 1 aliphatic rings. The van der Waals surface area contributed by atoms with Gasteiger partial charge in [-0.2, -0.15) is 13.2 Å². The number of aromatic nitrogens is 1. The van der Waals surface area contributed by atoms with Crippen LogP contribution in [0, 0.1) is 0 Å². The number of allylic oxidation sites excluding steroid dienone is 1. The summed E-state index contributed by atoms with van der Waals surface area (Å²) < 4.78 is 38.0. The molecule has 1 aliphatic heterocycles. The number of halogens is 3. The molecule has 0 saturated heterocycles. The van der Waals surface area contributed by atoms with Gasteiger partial charge in [-0.15, -0.1) is 0 Å². The van der Waals surface area contributed by atoms with Crippen LogP contribution in [-0.2, 0) is 6.42 Å². The number of rotatable bonds is 3. The minimum Gasteiger partial charge on any atom is -0.378 e. The summed E-state index contributed by atoms with van der Waals surface area (Å²) >= 11 is 0. The van der Waals surface area contributed by atoms with Gasteiger partial charge in [-0.05, 0) is 24.6 Å². The molecule has 0 spiro atoms. The van der Waals surface area contributed by atoms with Gasteiger partial charge < -0.3 is 15.7 Å². The van der Waals surface area contributed by atoms with Crippen LogP contribution in [0.3, 0.4) is 0 Å². The molecule has 0 bridgehead atoms. The van der Waals surface area contributed by atoms with E-state index in [1.54, 1.807) is 24.5 Å². The Labute approximate surface area is 108 Å². The van der Waals surface area contributed by atoms with Crippen molar-refractivity contribution >= 4 is 0 Å². The van der Waals surface area contributed by atoms with Crippen LogP contribution in [0.25, 0.3) is 0 Å². The lowest BCUT2D eigenvalue weighted by molar-refractivity contribution is -0.263. The molecule has 19 heavy (non-hydrogen) atoms. The van der Waals surface area contributed by atoms with Gasteiger partial charge in [-0.25, -0.2) is 0 Å². The second kappa shape index (κ2) is 4.73. The van der Waals surface area contributed by atoms with E-state index >= 15 is 0 Å². The zero-order valence-corrected chi connectivity index (χ0v) is 10.2. The van der Waals surface area contributed by atoms with Crippen LogP contribution in [-0.4, -0.2) is 28.0 Å². The molecule has 4 nitrogen and oxygen atoms in total. The van der Waals surface area contributed by atoms with E-state index in [0.717, 1.165) is 12.5 Å². The molecule has 0 aromatic carbocycles. The van der Waals surface area contributed by atoms with E-state index < -0.39 is 17.9 Å². The van der Waals surface area contributed by atoms with E-state index in [2.05, 4.69) is 15.6 Å². The van der Waals surface area contributed by atoms with Gasteiger partial charge in [0.2, 0.25) is 0 Å². The summed E-state index contributed by atoms with van der Waals surface area (Å²) in [5, 5.41) is 14.7. The first kappa shape index (κ1) is 13.7. The molecule has 1 aromatic rings. The zero-order chi connectivity index (χ0) is 14.1. The van der Waals surface area contributed by atoms with Crippen molar-refractivity contribution in [2.75, 3.05) is 0 Å². The van der Waals surface area contributed by atoms with Gasteiger partial charge >= 0.3 is 6.18 Å². The van der Waals surface area contributed by atoms with Gasteiger partial charge in [-0.1, -0.05) is 0 Å². The lowest BCUT2D eigenvalue weighted by Gasteiger charge is -2.32. The van der Waals surface area contributed by atoms with Gasteiger partial charge in [0.05, 0.1) is 0 Å². The van der Waals surface area contributed by atoms with Crippen molar-refractivity contribution in [1.29, 1.82) is 0 Å². The minimum absolute atomic E-state index is 0.444. The molecule has 1 unspecified atom stereocenters. The summed E-state index contributed by atoms with van der Waals surface area (Å²) in [6.45, 7) is 0.737. The summed E-state index contributed by atoms with van der Waals surface area (Å²) in [6.07, 6.45) is -0.879. The number of hydrogen-bond donors (Lipinski definition) is 3. The predicted octanol–water partition coefficient (Wildman–Crippen LogP) is 1.30. The maximum atomic E-state index is 12.7. The Morgan fingerprint density at radius 2 is 1.95 bits per heavy atom. The van der Waals surface area contributed by atoms with E-state index in [1.807, 2.05) is 0 Å². The maximum absolute atomic E-state index is 12.7. The van der Waals surface area contributed by atoms with Gasteiger partial charge in [0.25, 0.3) is 0 Å². The summed E-state index contributed by atoms with van der Waals surface area (Å²) in [4.78, 5) is 3.86. The highest BCUT2D eigenvalue weighted by Gasteiger charge is 2.56. The molecule has 2 rings (SSSR count). The summed E-state index contributed by atoms with van der Waals surface area (Å²) in [5.41, 5.74) is -1.34. The van der Waals surface area contributed by atoms with E-state index in [1.165, 1.54) is 6.20 Å².